The van der Waals surface area contributed by atoms with Crippen LogP contribution in [-0.2, 0) is 9.53 Å². The van der Waals surface area contributed by atoms with E-state index in [1.807, 2.05) is 0 Å². The van der Waals surface area contributed by atoms with Crippen LogP contribution in [-0.4, -0.2) is 61.3 Å². The highest BCUT2D eigenvalue weighted by atomic mass is 16.5. The number of ether oxygens (including phenoxy) is 1. The monoisotopic (exact) mass is 269 g/mol. The van der Waals surface area contributed by atoms with Crippen molar-refractivity contribution in [1.82, 2.24) is 15.5 Å². The van der Waals surface area contributed by atoms with E-state index in [0.717, 1.165) is 32.5 Å². The van der Waals surface area contributed by atoms with Gasteiger partial charge in [-0.05, 0) is 33.6 Å². The van der Waals surface area contributed by atoms with Gasteiger partial charge in [0.1, 0.15) is 6.10 Å². The van der Waals surface area contributed by atoms with Crippen molar-refractivity contribution in [2.45, 2.75) is 51.3 Å². The lowest BCUT2D eigenvalue weighted by atomic mass is 9.98. The van der Waals surface area contributed by atoms with Crippen LogP contribution in [0.25, 0.3) is 0 Å². The summed E-state index contributed by atoms with van der Waals surface area (Å²) >= 11 is 0. The molecule has 0 aliphatic carbocycles. The summed E-state index contributed by atoms with van der Waals surface area (Å²) in [5.41, 5.74) is 0.228. The van der Waals surface area contributed by atoms with Gasteiger partial charge in [-0.25, -0.2) is 0 Å². The lowest BCUT2D eigenvalue weighted by molar-refractivity contribution is -0.135. The molecule has 2 aliphatic heterocycles. The van der Waals surface area contributed by atoms with Gasteiger partial charge in [-0.15, -0.1) is 0 Å². The second-order valence-corrected chi connectivity index (χ2v) is 6.50. The summed E-state index contributed by atoms with van der Waals surface area (Å²) in [6.07, 6.45) is 1.75. The van der Waals surface area contributed by atoms with Crippen molar-refractivity contribution >= 4 is 5.91 Å². The fourth-order valence-corrected chi connectivity index (χ4v) is 2.72. The molecule has 2 aliphatic rings. The Bertz CT molecular complexity index is 300. The Balaban J connectivity index is 1.74. The van der Waals surface area contributed by atoms with E-state index in [1.54, 1.807) is 0 Å². The first-order chi connectivity index (χ1) is 8.97. The molecule has 5 nitrogen and oxygen atoms in total. The molecule has 2 heterocycles. The van der Waals surface area contributed by atoms with Crippen LogP contribution in [0.2, 0.25) is 0 Å². The summed E-state index contributed by atoms with van der Waals surface area (Å²) in [7, 11) is 0. The van der Waals surface area contributed by atoms with Crippen LogP contribution >= 0.6 is 0 Å². The van der Waals surface area contributed by atoms with E-state index in [-0.39, 0.29) is 17.6 Å². The molecule has 0 spiro atoms. The second-order valence-electron chi connectivity index (χ2n) is 6.50. The molecule has 0 radical (unpaired) electrons. The standard InChI is InChI=1S/C14H27N3O2/c1-14(2,3)17-7-4-11(5-8-17)16-13(18)12-10-15-6-9-19-12/h11-12,15H,4-10H2,1-3H3,(H,16,18). The summed E-state index contributed by atoms with van der Waals surface area (Å²) < 4.78 is 5.47. The van der Waals surface area contributed by atoms with E-state index in [1.165, 1.54) is 0 Å². The Kier molecular flexibility index (Phi) is 4.81. The maximum atomic E-state index is 12.1. The Labute approximate surface area is 116 Å². The zero-order chi connectivity index (χ0) is 13.9. The van der Waals surface area contributed by atoms with Crippen molar-refractivity contribution in [3.63, 3.8) is 0 Å². The van der Waals surface area contributed by atoms with Crippen molar-refractivity contribution in [3.05, 3.63) is 0 Å². The lowest BCUT2D eigenvalue weighted by Crippen LogP contribution is -2.54. The molecule has 110 valence electrons. The average Bonchev–Trinajstić information content (AvgIpc) is 2.39. The number of nitrogens with one attached hydrogen (secondary N) is 2. The molecule has 1 atom stereocenters. The highest BCUT2D eigenvalue weighted by molar-refractivity contribution is 5.81. The predicted octanol–water partition coefficient (Wildman–Crippen LogP) is 0.354. The molecule has 0 aromatic heterocycles. The number of morpholine rings is 1. The highest BCUT2D eigenvalue weighted by Gasteiger charge is 2.29. The van der Waals surface area contributed by atoms with Gasteiger partial charge >= 0.3 is 0 Å². The Morgan fingerprint density at radius 3 is 2.53 bits per heavy atom. The molecular formula is C14H27N3O2. The summed E-state index contributed by atoms with van der Waals surface area (Å²) in [6.45, 7) is 10.9. The molecule has 1 amide bonds. The summed E-state index contributed by atoms with van der Waals surface area (Å²) in [6, 6.07) is 0.302. The highest BCUT2D eigenvalue weighted by Crippen LogP contribution is 2.20. The number of rotatable bonds is 2. The second kappa shape index (κ2) is 6.20. The number of amides is 1. The smallest absolute Gasteiger partial charge is 0.250 e. The molecule has 1 unspecified atom stereocenters. The molecule has 2 rings (SSSR count). The molecule has 5 heteroatoms. The Morgan fingerprint density at radius 1 is 1.32 bits per heavy atom. The van der Waals surface area contributed by atoms with E-state index < -0.39 is 0 Å². The summed E-state index contributed by atoms with van der Waals surface area (Å²) in [4.78, 5) is 14.5. The number of hydrogen-bond donors (Lipinski definition) is 2. The molecule has 2 fully saturated rings. The van der Waals surface area contributed by atoms with Crippen molar-refractivity contribution in [1.29, 1.82) is 0 Å². The average molecular weight is 269 g/mol. The molecule has 2 N–H and O–H groups in total. The minimum absolute atomic E-state index is 0.0430. The fraction of sp³-hybridized carbons (Fsp3) is 0.929. The third kappa shape index (κ3) is 4.16. The van der Waals surface area contributed by atoms with Crippen LogP contribution in [0, 0.1) is 0 Å². The summed E-state index contributed by atoms with van der Waals surface area (Å²) in [5.74, 6) is 0.0430. The lowest BCUT2D eigenvalue weighted by Gasteiger charge is -2.41. The van der Waals surface area contributed by atoms with Crippen LogP contribution < -0.4 is 10.6 Å². The minimum Gasteiger partial charge on any atom is -0.366 e. The summed E-state index contributed by atoms with van der Waals surface area (Å²) in [5, 5.41) is 6.32. The molecule has 0 saturated carbocycles. The van der Waals surface area contributed by atoms with Gasteiger partial charge in [-0.3, -0.25) is 9.69 Å². The first-order valence-electron chi connectivity index (χ1n) is 7.34. The van der Waals surface area contributed by atoms with Crippen LogP contribution in [0.5, 0.6) is 0 Å². The Morgan fingerprint density at radius 2 is 2.00 bits per heavy atom. The number of hydrogen-bond acceptors (Lipinski definition) is 4. The number of likely N-dealkylation sites (tertiary alicyclic amines) is 1. The van der Waals surface area contributed by atoms with Crippen molar-refractivity contribution < 1.29 is 9.53 Å². The van der Waals surface area contributed by atoms with Gasteiger partial charge in [-0.1, -0.05) is 0 Å². The maximum Gasteiger partial charge on any atom is 0.250 e. The van der Waals surface area contributed by atoms with E-state index in [2.05, 4.69) is 36.3 Å². The van der Waals surface area contributed by atoms with Crippen LogP contribution in [0.15, 0.2) is 0 Å². The van der Waals surface area contributed by atoms with Gasteiger partial charge in [0.2, 0.25) is 0 Å². The Hall–Kier alpha value is -0.650. The van der Waals surface area contributed by atoms with Gasteiger partial charge in [-0.2, -0.15) is 0 Å². The van der Waals surface area contributed by atoms with Crippen molar-refractivity contribution in [2.24, 2.45) is 0 Å². The first-order valence-corrected chi connectivity index (χ1v) is 7.34. The van der Waals surface area contributed by atoms with Crippen molar-refractivity contribution in [3.8, 4) is 0 Å². The fourth-order valence-electron chi connectivity index (χ4n) is 2.72. The van der Waals surface area contributed by atoms with Crippen molar-refractivity contribution in [2.75, 3.05) is 32.8 Å². The minimum atomic E-state index is -0.311. The van der Waals surface area contributed by atoms with Crippen LogP contribution in [0.1, 0.15) is 33.6 Å². The largest absolute Gasteiger partial charge is 0.366 e. The third-order valence-electron chi connectivity index (χ3n) is 4.01. The molecule has 19 heavy (non-hydrogen) atoms. The van der Waals surface area contributed by atoms with Gasteiger partial charge < -0.3 is 15.4 Å². The van der Waals surface area contributed by atoms with E-state index in [9.17, 15) is 4.79 Å². The normalized spacial score (nSPS) is 27.2. The number of carbonyl (C=O) groups excluding carboxylic acids is 1. The quantitative estimate of drug-likeness (QED) is 0.760. The van der Waals surface area contributed by atoms with E-state index in [0.29, 0.717) is 19.2 Å². The van der Waals surface area contributed by atoms with E-state index >= 15 is 0 Å². The topological polar surface area (TPSA) is 53.6 Å². The SMILES string of the molecule is CC(C)(C)N1CCC(NC(=O)C2CNCCO2)CC1. The van der Waals surface area contributed by atoms with E-state index in [4.69, 9.17) is 4.74 Å². The third-order valence-corrected chi connectivity index (χ3v) is 4.01. The molecular weight excluding hydrogens is 242 g/mol. The van der Waals surface area contributed by atoms with Gasteiger partial charge in [0.25, 0.3) is 5.91 Å². The van der Waals surface area contributed by atoms with Gasteiger partial charge in [0, 0.05) is 37.8 Å². The number of nitrogens with zero attached hydrogens (tertiary/aromatic N) is 1. The number of piperidine rings is 1. The first kappa shape index (κ1) is 14.8. The molecule has 0 bridgehead atoms. The van der Waals surface area contributed by atoms with Gasteiger partial charge in [0.15, 0.2) is 0 Å². The zero-order valence-electron chi connectivity index (χ0n) is 12.4. The zero-order valence-corrected chi connectivity index (χ0v) is 12.4. The molecule has 0 aromatic rings. The molecule has 0 aromatic carbocycles. The maximum absolute atomic E-state index is 12.1. The van der Waals surface area contributed by atoms with Gasteiger partial charge in [0.05, 0.1) is 6.61 Å². The number of carbonyl (C=O) groups is 1. The molecule has 2 saturated heterocycles. The van der Waals surface area contributed by atoms with Crippen LogP contribution in [0.3, 0.4) is 0 Å². The van der Waals surface area contributed by atoms with Crippen LogP contribution in [0.4, 0.5) is 0 Å². The predicted molar refractivity (Wildman–Crippen MR) is 75.1 cm³/mol.